The van der Waals surface area contributed by atoms with Crippen LogP contribution in [0.5, 0.6) is 0 Å². The van der Waals surface area contributed by atoms with Crippen LogP contribution in [0.15, 0.2) is 11.4 Å². The predicted octanol–water partition coefficient (Wildman–Crippen LogP) is 2.55. The van der Waals surface area contributed by atoms with Crippen molar-refractivity contribution in [3.63, 3.8) is 0 Å². The van der Waals surface area contributed by atoms with Crippen molar-refractivity contribution in [2.75, 3.05) is 12.8 Å². The number of esters is 1. The van der Waals surface area contributed by atoms with Gasteiger partial charge in [-0.2, -0.15) is 0 Å². The molecule has 6 heteroatoms. The van der Waals surface area contributed by atoms with Crippen LogP contribution in [0.25, 0.3) is 9.75 Å². The molecule has 16 heavy (non-hydrogen) atoms. The Kier molecular flexibility index (Phi) is 2.93. The third-order valence-electron chi connectivity index (χ3n) is 2.09. The SMILES string of the molecule is COC(=O)c1nc(N)sc1-c1sccc1C. The van der Waals surface area contributed by atoms with Crippen LogP contribution in [0.3, 0.4) is 0 Å². The Morgan fingerprint density at radius 3 is 2.81 bits per heavy atom. The molecule has 0 fully saturated rings. The summed E-state index contributed by atoms with van der Waals surface area (Å²) in [5, 5.41) is 2.35. The molecule has 0 saturated carbocycles. The molecule has 0 atom stereocenters. The minimum Gasteiger partial charge on any atom is -0.464 e. The molecule has 2 N–H and O–H groups in total. The van der Waals surface area contributed by atoms with E-state index in [0.717, 1.165) is 15.3 Å². The summed E-state index contributed by atoms with van der Waals surface area (Å²) in [5.74, 6) is -0.448. The fourth-order valence-corrected chi connectivity index (χ4v) is 3.29. The first-order chi connectivity index (χ1) is 7.63. The zero-order chi connectivity index (χ0) is 11.7. The van der Waals surface area contributed by atoms with Crippen molar-refractivity contribution in [1.82, 2.24) is 4.98 Å². The molecular weight excluding hydrogens is 244 g/mol. The molecular formula is C10H10N2O2S2. The topological polar surface area (TPSA) is 65.2 Å². The summed E-state index contributed by atoms with van der Waals surface area (Å²) in [7, 11) is 1.34. The van der Waals surface area contributed by atoms with Crippen molar-refractivity contribution in [2.24, 2.45) is 0 Å². The van der Waals surface area contributed by atoms with Gasteiger partial charge in [0.1, 0.15) is 0 Å². The second-order valence-electron chi connectivity index (χ2n) is 3.15. The molecule has 84 valence electrons. The molecule has 0 aliphatic heterocycles. The minimum atomic E-state index is -0.448. The summed E-state index contributed by atoms with van der Waals surface area (Å²) >= 11 is 2.87. The molecule has 0 amide bonds. The van der Waals surface area contributed by atoms with Crippen molar-refractivity contribution in [2.45, 2.75) is 6.92 Å². The first kappa shape index (κ1) is 11.1. The van der Waals surface area contributed by atoms with Crippen LogP contribution in [0.2, 0.25) is 0 Å². The second-order valence-corrected chi connectivity index (χ2v) is 5.10. The van der Waals surface area contributed by atoms with E-state index >= 15 is 0 Å². The van der Waals surface area contributed by atoms with Crippen LogP contribution in [0, 0.1) is 6.92 Å². The molecule has 2 rings (SSSR count). The molecule has 2 heterocycles. The van der Waals surface area contributed by atoms with Crippen LogP contribution in [0.1, 0.15) is 16.1 Å². The van der Waals surface area contributed by atoms with Gasteiger partial charge in [-0.15, -0.1) is 11.3 Å². The van der Waals surface area contributed by atoms with Gasteiger partial charge in [-0.05, 0) is 23.9 Å². The maximum Gasteiger partial charge on any atom is 0.358 e. The predicted molar refractivity (Wildman–Crippen MR) is 65.9 cm³/mol. The van der Waals surface area contributed by atoms with E-state index in [-0.39, 0.29) is 0 Å². The van der Waals surface area contributed by atoms with E-state index in [1.54, 1.807) is 11.3 Å². The first-order valence-electron chi connectivity index (χ1n) is 4.52. The van der Waals surface area contributed by atoms with E-state index in [1.807, 2.05) is 18.4 Å². The lowest BCUT2D eigenvalue weighted by Gasteiger charge is -1.99. The molecule has 4 nitrogen and oxygen atoms in total. The Labute approximate surface area is 101 Å². The molecule has 0 aliphatic carbocycles. The highest BCUT2D eigenvalue weighted by molar-refractivity contribution is 7.23. The van der Waals surface area contributed by atoms with E-state index in [9.17, 15) is 4.79 Å². The van der Waals surface area contributed by atoms with Crippen LogP contribution in [0.4, 0.5) is 5.13 Å². The summed E-state index contributed by atoms with van der Waals surface area (Å²) in [6, 6.07) is 2.00. The number of nitrogens with two attached hydrogens (primary N) is 1. The number of aryl methyl sites for hydroxylation is 1. The first-order valence-corrected chi connectivity index (χ1v) is 6.22. The number of rotatable bonds is 2. The number of carbonyl (C=O) groups excluding carboxylic acids is 1. The monoisotopic (exact) mass is 254 g/mol. The Bertz CT molecular complexity index is 531. The zero-order valence-corrected chi connectivity index (χ0v) is 10.4. The summed E-state index contributed by atoms with van der Waals surface area (Å²) < 4.78 is 4.68. The molecule has 0 saturated heterocycles. The van der Waals surface area contributed by atoms with Crippen LogP contribution >= 0.6 is 22.7 Å². The van der Waals surface area contributed by atoms with Crippen molar-refractivity contribution < 1.29 is 9.53 Å². The molecule has 0 radical (unpaired) electrons. The molecule has 0 spiro atoms. The average molecular weight is 254 g/mol. The van der Waals surface area contributed by atoms with Gasteiger partial charge in [0.25, 0.3) is 0 Å². The molecule has 2 aromatic heterocycles. The normalized spacial score (nSPS) is 10.4. The lowest BCUT2D eigenvalue weighted by molar-refractivity contribution is 0.0596. The lowest BCUT2D eigenvalue weighted by Crippen LogP contribution is -2.03. The van der Waals surface area contributed by atoms with E-state index in [2.05, 4.69) is 9.72 Å². The largest absolute Gasteiger partial charge is 0.464 e. The Morgan fingerprint density at radius 2 is 2.25 bits per heavy atom. The highest BCUT2D eigenvalue weighted by Crippen LogP contribution is 2.37. The second kappa shape index (κ2) is 4.23. The number of anilines is 1. The fourth-order valence-electron chi connectivity index (χ4n) is 1.33. The van der Waals surface area contributed by atoms with Crippen LogP contribution < -0.4 is 5.73 Å². The van der Waals surface area contributed by atoms with E-state index < -0.39 is 5.97 Å². The number of methoxy groups -OCH3 is 1. The Hall–Kier alpha value is -1.40. The van der Waals surface area contributed by atoms with Gasteiger partial charge in [-0.1, -0.05) is 11.3 Å². The quantitative estimate of drug-likeness (QED) is 0.836. The van der Waals surface area contributed by atoms with Gasteiger partial charge in [0.05, 0.1) is 12.0 Å². The van der Waals surface area contributed by atoms with Gasteiger partial charge in [0, 0.05) is 4.88 Å². The van der Waals surface area contributed by atoms with Gasteiger partial charge in [-0.25, -0.2) is 9.78 Å². The van der Waals surface area contributed by atoms with Gasteiger partial charge in [0.2, 0.25) is 0 Å². The summed E-state index contributed by atoms with van der Waals surface area (Å²) in [4.78, 5) is 17.3. The standard InChI is InChI=1S/C10H10N2O2S2/c1-5-3-4-15-7(5)8-6(9(13)14-2)12-10(11)16-8/h3-4H,1-2H3,(H2,11,12). The average Bonchev–Trinajstić information content (AvgIpc) is 2.83. The number of aromatic nitrogens is 1. The summed E-state index contributed by atoms with van der Waals surface area (Å²) in [6.07, 6.45) is 0. The number of ether oxygens (including phenoxy) is 1. The Balaban J connectivity index is 2.57. The van der Waals surface area contributed by atoms with Crippen molar-refractivity contribution in [3.8, 4) is 9.75 Å². The van der Waals surface area contributed by atoms with Crippen molar-refractivity contribution >= 4 is 33.8 Å². The highest BCUT2D eigenvalue weighted by Gasteiger charge is 2.20. The molecule has 0 unspecified atom stereocenters. The summed E-state index contributed by atoms with van der Waals surface area (Å²) in [6.45, 7) is 1.99. The van der Waals surface area contributed by atoms with Gasteiger partial charge in [-0.3, -0.25) is 0 Å². The van der Waals surface area contributed by atoms with Crippen LogP contribution in [-0.4, -0.2) is 18.1 Å². The third-order valence-corrected chi connectivity index (χ3v) is 4.16. The maximum atomic E-state index is 11.5. The maximum absolute atomic E-state index is 11.5. The molecule has 0 aliphatic rings. The number of hydrogen-bond donors (Lipinski definition) is 1. The van der Waals surface area contributed by atoms with Gasteiger partial charge < -0.3 is 10.5 Å². The fraction of sp³-hybridized carbons (Fsp3) is 0.200. The van der Waals surface area contributed by atoms with Gasteiger partial charge in [0.15, 0.2) is 10.8 Å². The number of nitrogen functional groups attached to an aromatic ring is 1. The zero-order valence-electron chi connectivity index (χ0n) is 8.81. The van der Waals surface area contributed by atoms with Crippen molar-refractivity contribution in [3.05, 3.63) is 22.7 Å². The van der Waals surface area contributed by atoms with E-state index in [0.29, 0.717) is 10.8 Å². The Morgan fingerprint density at radius 1 is 1.50 bits per heavy atom. The third kappa shape index (κ3) is 1.81. The van der Waals surface area contributed by atoms with Gasteiger partial charge >= 0.3 is 5.97 Å². The van der Waals surface area contributed by atoms with Crippen molar-refractivity contribution in [1.29, 1.82) is 0 Å². The number of carbonyl (C=O) groups is 1. The number of hydrogen-bond acceptors (Lipinski definition) is 6. The number of thiazole rings is 1. The molecule has 0 bridgehead atoms. The molecule has 0 aromatic carbocycles. The lowest BCUT2D eigenvalue weighted by atomic mass is 10.2. The highest BCUT2D eigenvalue weighted by atomic mass is 32.1. The van der Waals surface area contributed by atoms with Crippen LogP contribution in [-0.2, 0) is 4.74 Å². The van der Waals surface area contributed by atoms with E-state index in [4.69, 9.17) is 5.73 Å². The smallest absolute Gasteiger partial charge is 0.358 e. The molecule has 2 aromatic rings. The number of nitrogens with zero attached hydrogens (tertiary/aromatic N) is 1. The van der Waals surface area contributed by atoms with E-state index in [1.165, 1.54) is 18.4 Å². The minimum absolute atomic E-state index is 0.301. The number of thiophene rings is 1. The summed E-state index contributed by atoms with van der Waals surface area (Å²) in [5.41, 5.74) is 7.04.